The fraction of sp³-hybridized carbons (Fsp3) is 0.300. The molecule has 1 heterocycles. The molecule has 0 saturated heterocycles. The van der Waals surface area contributed by atoms with Crippen LogP contribution in [0.15, 0.2) is 10.5 Å². The summed E-state index contributed by atoms with van der Waals surface area (Å²) in [4.78, 5) is 10.7. The van der Waals surface area contributed by atoms with Gasteiger partial charge in [0, 0.05) is 27.6 Å². The van der Waals surface area contributed by atoms with Crippen molar-refractivity contribution in [3.05, 3.63) is 27.2 Å². The first kappa shape index (κ1) is 8.75. The molecule has 0 aromatic heterocycles. The maximum absolute atomic E-state index is 10.7. The maximum Gasteiger partial charge on any atom is 0.150 e. The van der Waals surface area contributed by atoms with Crippen LogP contribution in [0, 0.1) is 6.92 Å². The lowest BCUT2D eigenvalue weighted by atomic mass is 10.0. The van der Waals surface area contributed by atoms with E-state index in [2.05, 4.69) is 15.9 Å². The molecule has 0 atom stereocenters. The molecule has 1 aliphatic rings. The Morgan fingerprint density at radius 1 is 1.62 bits per heavy atom. The van der Waals surface area contributed by atoms with E-state index in [9.17, 15) is 4.79 Å². The molecule has 0 bridgehead atoms. The molecule has 0 saturated carbocycles. The summed E-state index contributed by atoms with van der Waals surface area (Å²) >= 11 is 3.43. The van der Waals surface area contributed by atoms with E-state index >= 15 is 0 Å². The Morgan fingerprint density at radius 3 is 3.08 bits per heavy atom. The van der Waals surface area contributed by atoms with Crippen molar-refractivity contribution >= 4 is 22.2 Å². The monoisotopic (exact) mass is 240 g/mol. The molecular weight excluding hydrogens is 232 g/mol. The topological polar surface area (TPSA) is 26.3 Å². The summed E-state index contributed by atoms with van der Waals surface area (Å²) in [5.74, 6) is 0.886. The van der Waals surface area contributed by atoms with Crippen molar-refractivity contribution in [3.63, 3.8) is 0 Å². The van der Waals surface area contributed by atoms with Crippen molar-refractivity contribution in [2.75, 3.05) is 6.61 Å². The third-order valence-corrected chi connectivity index (χ3v) is 3.05. The van der Waals surface area contributed by atoms with Gasteiger partial charge in [0.05, 0.1) is 6.61 Å². The Labute approximate surface area is 85.0 Å². The summed E-state index contributed by atoms with van der Waals surface area (Å²) in [5, 5.41) is 0. The smallest absolute Gasteiger partial charge is 0.150 e. The van der Waals surface area contributed by atoms with Gasteiger partial charge in [-0.1, -0.05) is 15.9 Å². The zero-order valence-electron chi connectivity index (χ0n) is 7.26. The summed E-state index contributed by atoms with van der Waals surface area (Å²) < 4.78 is 6.44. The van der Waals surface area contributed by atoms with E-state index in [1.807, 2.05) is 13.0 Å². The molecule has 0 unspecified atom stereocenters. The quantitative estimate of drug-likeness (QED) is 0.706. The van der Waals surface area contributed by atoms with E-state index in [1.54, 1.807) is 0 Å². The Morgan fingerprint density at radius 2 is 2.38 bits per heavy atom. The van der Waals surface area contributed by atoms with Gasteiger partial charge in [0.1, 0.15) is 12.0 Å². The third-order valence-electron chi connectivity index (χ3n) is 2.34. The molecule has 68 valence electrons. The van der Waals surface area contributed by atoms with E-state index in [0.717, 1.165) is 35.1 Å². The number of hydrogen-bond acceptors (Lipinski definition) is 2. The van der Waals surface area contributed by atoms with Gasteiger partial charge in [0.15, 0.2) is 0 Å². The number of carbonyl (C=O) groups is 1. The molecular formula is C10H9BrO2. The lowest BCUT2D eigenvalue weighted by Crippen LogP contribution is -1.92. The molecule has 0 spiro atoms. The first-order chi connectivity index (χ1) is 6.24. The van der Waals surface area contributed by atoms with Crippen LogP contribution in [0.25, 0.3) is 0 Å². The van der Waals surface area contributed by atoms with Crippen LogP contribution in [0.4, 0.5) is 0 Å². The molecule has 2 rings (SSSR count). The molecule has 0 N–H and O–H groups in total. The van der Waals surface area contributed by atoms with Gasteiger partial charge in [-0.2, -0.15) is 0 Å². The van der Waals surface area contributed by atoms with Crippen LogP contribution >= 0.6 is 15.9 Å². The second-order valence-electron chi connectivity index (χ2n) is 3.10. The van der Waals surface area contributed by atoms with Gasteiger partial charge in [-0.05, 0) is 13.0 Å². The number of carbonyl (C=O) groups excluding carboxylic acids is 1. The summed E-state index contributed by atoms with van der Waals surface area (Å²) in [6.07, 6.45) is 1.79. The number of rotatable bonds is 1. The van der Waals surface area contributed by atoms with Gasteiger partial charge in [0.25, 0.3) is 0 Å². The van der Waals surface area contributed by atoms with E-state index in [0.29, 0.717) is 5.56 Å². The predicted molar refractivity (Wildman–Crippen MR) is 53.5 cm³/mol. The van der Waals surface area contributed by atoms with Crippen LogP contribution in [-0.2, 0) is 6.42 Å². The maximum atomic E-state index is 10.7. The van der Waals surface area contributed by atoms with Gasteiger partial charge in [-0.15, -0.1) is 0 Å². The number of aldehydes is 1. The van der Waals surface area contributed by atoms with Crippen LogP contribution in [0.5, 0.6) is 5.75 Å². The lowest BCUT2D eigenvalue weighted by molar-refractivity contribution is 0.112. The zero-order valence-corrected chi connectivity index (χ0v) is 8.85. The van der Waals surface area contributed by atoms with Crippen molar-refractivity contribution < 1.29 is 9.53 Å². The Balaban J connectivity index is 2.69. The fourth-order valence-corrected chi connectivity index (χ4v) is 2.23. The highest BCUT2D eigenvalue weighted by molar-refractivity contribution is 9.10. The van der Waals surface area contributed by atoms with Crippen molar-refractivity contribution in [2.45, 2.75) is 13.3 Å². The standard InChI is InChI=1S/C10H9BrO2/c1-6-7(5-12)4-9(11)8-2-3-13-10(6)8/h4-5H,2-3H2,1H3. The molecule has 0 radical (unpaired) electrons. The number of fused-ring (bicyclic) bond motifs is 1. The van der Waals surface area contributed by atoms with Crippen molar-refractivity contribution in [2.24, 2.45) is 0 Å². The minimum atomic E-state index is 0.701. The first-order valence-electron chi connectivity index (χ1n) is 4.14. The zero-order chi connectivity index (χ0) is 9.42. The largest absolute Gasteiger partial charge is 0.493 e. The molecule has 1 aliphatic heterocycles. The highest BCUT2D eigenvalue weighted by Gasteiger charge is 2.19. The van der Waals surface area contributed by atoms with E-state index in [4.69, 9.17) is 4.74 Å². The molecule has 0 aliphatic carbocycles. The number of benzene rings is 1. The normalized spacial score (nSPS) is 13.7. The van der Waals surface area contributed by atoms with E-state index in [-0.39, 0.29) is 0 Å². The second kappa shape index (κ2) is 3.14. The molecule has 1 aromatic carbocycles. The average molecular weight is 241 g/mol. The molecule has 0 fully saturated rings. The van der Waals surface area contributed by atoms with E-state index in [1.165, 1.54) is 5.56 Å². The summed E-state index contributed by atoms with van der Waals surface area (Å²) in [7, 11) is 0. The van der Waals surface area contributed by atoms with Gasteiger partial charge < -0.3 is 4.74 Å². The molecule has 0 amide bonds. The van der Waals surface area contributed by atoms with E-state index < -0.39 is 0 Å². The van der Waals surface area contributed by atoms with Crippen LogP contribution in [0.1, 0.15) is 21.5 Å². The number of ether oxygens (including phenoxy) is 1. The molecule has 1 aromatic rings. The Hall–Kier alpha value is -0.830. The van der Waals surface area contributed by atoms with Gasteiger partial charge in [-0.25, -0.2) is 0 Å². The highest BCUT2D eigenvalue weighted by atomic mass is 79.9. The van der Waals surface area contributed by atoms with Crippen LogP contribution < -0.4 is 4.74 Å². The SMILES string of the molecule is Cc1c(C=O)cc(Br)c2c1OCC2. The summed E-state index contributed by atoms with van der Waals surface area (Å²) in [6, 6.07) is 1.86. The lowest BCUT2D eigenvalue weighted by Gasteiger charge is -2.07. The molecule has 3 heteroatoms. The van der Waals surface area contributed by atoms with Crippen molar-refractivity contribution in [3.8, 4) is 5.75 Å². The minimum Gasteiger partial charge on any atom is -0.493 e. The third kappa shape index (κ3) is 1.27. The predicted octanol–water partition coefficient (Wildman–Crippen LogP) is 2.50. The van der Waals surface area contributed by atoms with Crippen LogP contribution in [-0.4, -0.2) is 12.9 Å². The fourth-order valence-electron chi connectivity index (χ4n) is 1.60. The molecule has 2 nitrogen and oxygen atoms in total. The van der Waals surface area contributed by atoms with Crippen LogP contribution in [0.2, 0.25) is 0 Å². The number of hydrogen-bond donors (Lipinski definition) is 0. The Kier molecular flexibility index (Phi) is 2.12. The summed E-state index contributed by atoms with van der Waals surface area (Å²) in [6.45, 7) is 2.64. The average Bonchev–Trinajstić information content (AvgIpc) is 2.60. The minimum absolute atomic E-state index is 0.701. The first-order valence-corrected chi connectivity index (χ1v) is 4.93. The summed E-state index contributed by atoms with van der Waals surface area (Å²) in [5.41, 5.74) is 2.83. The van der Waals surface area contributed by atoms with Crippen molar-refractivity contribution in [1.29, 1.82) is 0 Å². The van der Waals surface area contributed by atoms with Gasteiger partial charge in [-0.3, -0.25) is 4.79 Å². The number of halogens is 1. The van der Waals surface area contributed by atoms with Gasteiger partial charge >= 0.3 is 0 Å². The van der Waals surface area contributed by atoms with Gasteiger partial charge in [0.2, 0.25) is 0 Å². The molecule has 13 heavy (non-hydrogen) atoms. The van der Waals surface area contributed by atoms with Crippen molar-refractivity contribution in [1.82, 2.24) is 0 Å². The Bertz CT molecular complexity index is 372. The highest BCUT2D eigenvalue weighted by Crippen LogP contribution is 2.36. The van der Waals surface area contributed by atoms with Crippen LogP contribution in [0.3, 0.4) is 0 Å². The second-order valence-corrected chi connectivity index (χ2v) is 3.95.